The number of anilines is 2. The number of hydrogen-bond acceptors (Lipinski definition) is 5. The highest BCUT2D eigenvalue weighted by Gasteiger charge is 2.17. The van der Waals surface area contributed by atoms with Gasteiger partial charge in [-0.2, -0.15) is 0 Å². The minimum Gasteiger partial charge on any atom is -0.490 e. The van der Waals surface area contributed by atoms with Crippen LogP contribution in [0.5, 0.6) is 11.5 Å². The molecule has 0 bridgehead atoms. The molecule has 0 fully saturated rings. The lowest BCUT2D eigenvalue weighted by atomic mass is 10.2. The van der Waals surface area contributed by atoms with Crippen LogP contribution in [0, 0.1) is 5.82 Å². The standard InChI is InChI=1S/C19H20ClFN2O4/c20-15-10-17-18(27-8-2-7-26-17)11-16(15)22-19(25)12-23(5-6-24)14-4-1-3-13(21)9-14/h1,3-4,9-11,24H,2,5-8,12H2,(H,22,25). The average Bonchev–Trinajstić information content (AvgIpc) is 2.86. The summed E-state index contributed by atoms with van der Waals surface area (Å²) in [5.74, 6) is 0.285. The number of fused-ring (bicyclic) bond motifs is 1. The fourth-order valence-corrected chi connectivity index (χ4v) is 2.94. The maximum atomic E-state index is 13.5. The van der Waals surface area contributed by atoms with Gasteiger partial charge in [-0.1, -0.05) is 17.7 Å². The average molecular weight is 395 g/mol. The molecule has 27 heavy (non-hydrogen) atoms. The van der Waals surface area contributed by atoms with Gasteiger partial charge in [-0.15, -0.1) is 0 Å². The second kappa shape index (κ2) is 8.92. The van der Waals surface area contributed by atoms with Crippen molar-refractivity contribution in [2.75, 3.05) is 43.1 Å². The number of aliphatic hydroxyl groups excluding tert-OH is 1. The molecule has 1 amide bonds. The molecule has 2 aromatic rings. The van der Waals surface area contributed by atoms with Gasteiger partial charge in [0, 0.05) is 30.8 Å². The molecule has 1 aliphatic heterocycles. The number of nitrogens with one attached hydrogen (secondary N) is 1. The Morgan fingerprint density at radius 2 is 1.96 bits per heavy atom. The van der Waals surface area contributed by atoms with Crippen LogP contribution in [-0.4, -0.2) is 43.9 Å². The van der Waals surface area contributed by atoms with Crippen LogP contribution in [0.25, 0.3) is 0 Å². The van der Waals surface area contributed by atoms with Gasteiger partial charge < -0.3 is 24.8 Å². The summed E-state index contributed by atoms with van der Waals surface area (Å²) in [7, 11) is 0. The SMILES string of the molecule is O=C(CN(CCO)c1cccc(F)c1)Nc1cc2c(cc1Cl)OCCCO2. The molecule has 1 aliphatic rings. The molecule has 1 heterocycles. The highest BCUT2D eigenvalue weighted by molar-refractivity contribution is 6.34. The summed E-state index contributed by atoms with van der Waals surface area (Å²) in [6, 6.07) is 9.08. The van der Waals surface area contributed by atoms with Crippen LogP contribution in [0.15, 0.2) is 36.4 Å². The van der Waals surface area contributed by atoms with Crippen molar-refractivity contribution in [3.8, 4) is 11.5 Å². The van der Waals surface area contributed by atoms with Gasteiger partial charge in [0.25, 0.3) is 0 Å². The molecule has 6 nitrogen and oxygen atoms in total. The van der Waals surface area contributed by atoms with Gasteiger partial charge in [0.1, 0.15) is 5.82 Å². The fourth-order valence-electron chi connectivity index (χ4n) is 2.74. The molecule has 0 atom stereocenters. The molecule has 0 spiro atoms. The highest BCUT2D eigenvalue weighted by atomic mass is 35.5. The van der Waals surface area contributed by atoms with Gasteiger partial charge in [0.2, 0.25) is 5.91 Å². The van der Waals surface area contributed by atoms with E-state index in [4.69, 9.17) is 21.1 Å². The lowest BCUT2D eigenvalue weighted by Crippen LogP contribution is -2.35. The van der Waals surface area contributed by atoms with Crippen LogP contribution in [0.1, 0.15) is 6.42 Å². The van der Waals surface area contributed by atoms with Gasteiger partial charge in [0.15, 0.2) is 11.5 Å². The fraction of sp³-hybridized carbons (Fsp3) is 0.316. The number of carbonyl (C=O) groups excluding carboxylic acids is 1. The van der Waals surface area contributed by atoms with Crippen LogP contribution in [0.3, 0.4) is 0 Å². The van der Waals surface area contributed by atoms with Crippen LogP contribution in [0.2, 0.25) is 5.02 Å². The van der Waals surface area contributed by atoms with E-state index in [0.29, 0.717) is 41.1 Å². The predicted octanol–water partition coefficient (Wildman–Crippen LogP) is 3.08. The molecule has 0 saturated heterocycles. The first kappa shape index (κ1) is 19.3. The number of amides is 1. The van der Waals surface area contributed by atoms with E-state index in [0.717, 1.165) is 6.42 Å². The second-order valence-corrected chi connectivity index (χ2v) is 6.41. The first-order valence-electron chi connectivity index (χ1n) is 8.57. The summed E-state index contributed by atoms with van der Waals surface area (Å²) in [5, 5.41) is 12.3. The molecule has 0 saturated carbocycles. The molecular formula is C19H20ClFN2O4. The Balaban J connectivity index is 1.73. The molecule has 8 heteroatoms. The predicted molar refractivity (Wildman–Crippen MR) is 101 cm³/mol. The van der Waals surface area contributed by atoms with Crippen molar-refractivity contribution < 1.29 is 23.8 Å². The third kappa shape index (κ3) is 5.02. The summed E-state index contributed by atoms with van der Waals surface area (Å²) >= 11 is 6.24. The minimum absolute atomic E-state index is 0.0746. The zero-order valence-electron chi connectivity index (χ0n) is 14.6. The van der Waals surface area contributed by atoms with E-state index in [1.54, 1.807) is 29.2 Å². The number of ether oxygens (including phenoxy) is 2. The Morgan fingerprint density at radius 1 is 1.22 bits per heavy atom. The third-order valence-electron chi connectivity index (χ3n) is 3.99. The summed E-state index contributed by atoms with van der Waals surface area (Å²) in [6.45, 7) is 1.000. The number of aliphatic hydroxyl groups is 1. The molecular weight excluding hydrogens is 375 g/mol. The van der Waals surface area contributed by atoms with E-state index >= 15 is 0 Å². The summed E-state index contributed by atoms with van der Waals surface area (Å²) in [5.41, 5.74) is 0.901. The lowest BCUT2D eigenvalue weighted by molar-refractivity contribution is -0.115. The number of carbonyl (C=O) groups is 1. The Morgan fingerprint density at radius 3 is 2.67 bits per heavy atom. The normalized spacial score (nSPS) is 13.0. The van der Waals surface area contributed by atoms with Crippen molar-refractivity contribution in [1.29, 1.82) is 0 Å². The van der Waals surface area contributed by atoms with Gasteiger partial charge in [-0.3, -0.25) is 4.79 Å². The van der Waals surface area contributed by atoms with Gasteiger partial charge in [0.05, 0.1) is 37.1 Å². The number of benzene rings is 2. The summed E-state index contributed by atoms with van der Waals surface area (Å²) in [6.07, 6.45) is 0.762. The monoisotopic (exact) mass is 394 g/mol. The largest absolute Gasteiger partial charge is 0.490 e. The van der Waals surface area contributed by atoms with Crippen molar-refractivity contribution in [3.63, 3.8) is 0 Å². The number of nitrogens with zero attached hydrogens (tertiary/aromatic N) is 1. The molecule has 3 rings (SSSR count). The number of hydrogen-bond donors (Lipinski definition) is 2. The van der Waals surface area contributed by atoms with E-state index in [2.05, 4.69) is 5.32 Å². The zero-order chi connectivity index (χ0) is 19.2. The highest BCUT2D eigenvalue weighted by Crippen LogP contribution is 2.37. The first-order valence-corrected chi connectivity index (χ1v) is 8.95. The first-order chi connectivity index (χ1) is 13.1. The molecule has 0 aliphatic carbocycles. The lowest BCUT2D eigenvalue weighted by Gasteiger charge is -2.23. The van der Waals surface area contributed by atoms with Crippen molar-refractivity contribution in [2.45, 2.75) is 6.42 Å². The number of halogens is 2. The maximum absolute atomic E-state index is 13.5. The molecule has 2 N–H and O–H groups in total. The van der Waals surface area contributed by atoms with Crippen LogP contribution >= 0.6 is 11.6 Å². The molecule has 2 aromatic carbocycles. The van der Waals surface area contributed by atoms with Gasteiger partial charge in [-0.05, 0) is 18.2 Å². The molecule has 0 aromatic heterocycles. The quantitative estimate of drug-likeness (QED) is 0.788. The Labute approximate surface area is 161 Å². The van der Waals surface area contributed by atoms with Crippen LogP contribution < -0.4 is 19.7 Å². The third-order valence-corrected chi connectivity index (χ3v) is 4.30. The van der Waals surface area contributed by atoms with E-state index in [-0.39, 0.29) is 25.6 Å². The molecule has 144 valence electrons. The van der Waals surface area contributed by atoms with Crippen molar-refractivity contribution in [1.82, 2.24) is 0 Å². The summed E-state index contributed by atoms with van der Waals surface area (Å²) < 4.78 is 24.6. The topological polar surface area (TPSA) is 71.0 Å². The van der Waals surface area contributed by atoms with Crippen molar-refractivity contribution in [3.05, 3.63) is 47.2 Å². The summed E-state index contributed by atoms with van der Waals surface area (Å²) in [4.78, 5) is 14.1. The van der Waals surface area contributed by atoms with Gasteiger partial charge in [-0.25, -0.2) is 4.39 Å². The van der Waals surface area contributed by atoms with Crippen LogP contribution in [0.4, 0.5) is 15.8 Å². The van der Waals surface area contributed by atoms with E-state index < -0.39 is 5.82 Å². The van der Waals surface area contributed by atoms with Crippen molar-refractivity contribution >= 4 is 28.9 Å². The van der Waals surface area contributed by atoms with Crippen LogP contribution in [-0.2, 0) is 4.79 Å². The maximum Gasteiger partial charge on any atom is 0.243 e. The minimum atomic E-state index is -0.415. The van der Waals surface area contributed by atoms with Gasteiger partial charge >= 0.3 is 0 Å². The Bertz CT molecular complexity index is 818. The smallest absolute Gasteiger partial charge is 0.243 e. The zero-order valence-corrected chi connectivity index (χ0v) is 15.3. The second-order valence-electron chi connectivity index (χ2n) is 6.00. The van der Waals surface area contributed by atoms with E-state index in [1.165, 1.54) is 12.1 Å². The van der Waals surface area contributed by atoms with Crippen molar-refractivity contribution in [2.24, 2.45) is 0 Å². The number of rotatable bonds is 6. The van der Waals surface area contributed by atoms with E-state index in [9.17, 15) is 14.3 Å². The Hall–Kier alpha value is -2.51. The molecule has 0 unspecified atom stereocenters. The van der Waals surface area contributed by atoms with E-state index in [1.807, 2.05) is 0 Å². The Kier molecular flexibility index (Phi) is 6.36. The molecule has 0 radical (unpaired) electrons.